The van der Waals surface area contributed by atoms with Crippen molar-refractivity contribution in [3.8, 4) is 6.07 Å². The Kier molecular flexibility index (Phi) is 5.41. The molecular formula is C11H14ClN3O2S. The van der Waals surface area contributed by atoms with Crippen molar-refractivity contribution in [3.05, 3.63) is 28.8 Å². The third-order valence-corrected chi connectivity index (χ3v) is 3.93. The number of nitrogens with one attached hydrogen (secondary N) is 2. The minimum Gasteiger partial charge on any atom is -0.383 e. The van der Waals surface area contributed by atoms with Gasteiger partial charge in [-0.2, -0.15) is 5.26 Å². The van der Waals surface area contributed by atoms with Gasteiger partial charge < -0.3 is 5.32 Å². The number of sulfonamides is 1. The van der Waals surface area contributed by atoms with Gasteiger partial charge in [-0.15, -0.1) is 0 Å². The number of halogens is 1. The number of nitriles is 1. The Hall–Kier alpha value is -1.29. The molecule has 0 saturated carbocycles. The van der Waals surface area contributed by atoms with E-state index in [9.17, 15) is 8.42 Å². The normalized spacial score (nSPS) is 10.9. The highest BCUT2D eigenvalue weighted by atomic mass is 35.5. The summed E-state index contributed by atoms with van der Waals surface area (Å²) in [7, 11) is -3.24. The van der Waals surface area contributed by atoms with Crippen LogP contribution in [0.25, 0.3) is 0 Å². The van der Waals surface area contributed by atoms with Gasteiger partial charge in [-0.1, -0.05) is 18.5 Å². The summed E-state index contributed by atoms with van der Waals surface area (Å²) in [5.41, 5.74) is 1.08. The lowest BCUT2D eigenvalue weighted by molar-refractivity contribution is 0.584. The van der Waals surface area contributed by atoms with Crippen LogP contribution < -0.4 is 10.0 Å². The van der Waals surface area contributed by atoms with E-state index in [2.05, 4.69) is 10.0 Å². The monoisotopic (exact) mass is 287 g/mol. The third-order valence-electron chi connectivity index (χ3n) is 2.15. The summed E-state index contributed by atoms with van der Waals surface area (Å²) in [6, 6.07) is 6.78. The molecule has 98 valence electrons. The number of hydrogen-bond acceptors (Lipinski definition) is 4. The van der Waals surface area contributed by atoms with Crippen LogP contribution in [-0.4, -0.2) is 27.3 Å². The van der Waals surface area contributed by atoms with Crippen LogP contribution >= 0.6 is 11.6 Å². The van der Waals surface area contributed by atoms with Gasteiger partial charge in [0.1, 0.15) is 0 Å². The molecule has 0 aliphatic heterocycles. The first-order valence-corrected chi connectivity index (χ1v) is 7.42. The van der Waals surface area contributed by atoms with Gasteiger partial charge in [-0.05, 0) is 18.2 Å². The van der Waals surface area contributed by atoms with E-state index in [0.717, 1.165) is 0 Å². The Morgan fingerprint density at radius 3 is 2.72 bits per heavy atom. The molecule has 0 fully saturated rings. The summed E-state index contributed by atoms with van der Waals surface area (Å²) in [5, 5.41) is 12.0. The van der Waals surface area contributed by atoms with E-state index >= 15 is 0 Å². The zero-order valence-corrected chi connectivity index (χ0v) is 11.5. The minimum atomic E-state index is -3.24. The predicted molar refractivity (Wildman–Crippen MR) is 72.1 cm³/mol. The summed E-state index contributed by atoms with van der Waals surface area (Å²) in [5.74, 6) is -0.0306. The van der Waals surface area contributed by atoms with Crippen molar-refractivity contribution >= 4 is 27.3 Å². The Balaban J connectivity index is 2.58. The average Bonchev–Trinajstić information content (AvgIpc) is 2.31. The van der Waals surface area contributed by atoms with Crippen molar-refractivity contribution in [2.24, 2.45) is 0 Å². The van der Waals surface area contributed by atoms with Crippen molar-refractivity contribution < 1.29 is 8.42 Å². The SMILES string of the molecule is CCNS(=O)(=O)CCNc1ccc(C#N)cc1Cl. The quantitative estimate of drug-likeness (QED) is 0.832. The van der Waals surface area contributed by atoms with Crippen LogP contribution in [0.3, 0.4) is 0 Å². The lowest BCUT2D eigenvalue weighted by Gasteiger charge is -2.09. The van der Waals surface area contributed by atoms with Gasteiger partial charge in [0, 0.05) is 13.1 Å². The van der Waals surface area contributed by atoms with Crippen molar-refractivity contribution in [1.29, 1.82) is 5.26 Å². The molecule has 0 spiro atoms. The fraction of sp³-hybridized carbons (Fsp3) is 0.364. The molecule has 0 radical (unpaired) electrons. The molecule has 0 unspecified atom stereocenters. The zero-order valence-electron chi connectivity index (χ0n) is 9.90. The summed E-state index contributed by atoms with van der Waals surface area (Å²) < 4.78 is 25.2. The second kappa shape index (κ2) is 6.59. The van der Waals surface area contributed by atoms with Crippen molar-refractivity contribution in [3.63, 3.8) is 0 Å². The lowest BCUT2D eigenvalue weighted by atomic mass is 10.2. The van der Waals surface area contributed by atoms with Gasteiger partial charge in [0.2, 0.25) is 10.0 Å². The number of nitrogens with zero attached hydrogens (tertiary/aromatic N) is 1. The Morgan fingerprint density at radius 1 is 1.44 bits per heavy atom. The van der Waals surface area contributed by atoms with E-state index in [4.69, 9.17) is 16.9 Å². The molecule has 0 aliphatic carbocycles. The Bertz CT molecular complexity index is 552. The Labute approximate surface area is 112 Å². The second-order valence-corrected chi connectivity index (χ2v) is 5.88. The van der Waals surface area contributed by atoms with Crippen LogP contribution in [0.1, 0.15) is 12.5 Å². The van der Waals surface area contributed by atoms with Crippen molar-refractivity contribution in [2.45, 2.75) is 6.92 Å². The molecule has 1 aromatic rings. The molecule has 0 bridgehead atoms. The molecule has 2 N–H and O–H groups in total. The highest BCUT2D eigenvalue weighted by molar-refractivity contribution is 7.89. The molecule has 1 rings (SSSR count). The van der Waals surface area contributed by atoms with E-state index in [-0.39, 0.29) is 12.3 Å². The topological polar surface area (TPSA) is 82.0 Å². The first kappa shape index (κ1) is 14.8. The third kappa shape index (κ3) is 4.53. The van der Waals surface area contributed by atoms with E-state index in [1.165, 1.54) is 6.07 Å². The van der Waals surface area contributed by atoms with Gasteiger partial charge in [-0.25, -0.2) is 13.1 Å². The summed E-state index contributed by atoms with van der Waals surface area (Å²) in [4.78, 5) is 0. The predicted octanol–water partition coefficient (Wildman–Crippen LogP) is 1.56. The average molecular weight is 288 g/mol. The minimum absolute atomic E-state index is 0.0306. The summed E-state index contributed by atoms with van der Waals surface area (Å²) in [6.07, 6.45) is 0. The Morgan fingerprint density at radius 2 is 2.17 bits per heavy atom. The molecule has 0 aliphatic rings. The van der Waals surface area contributed by atoms with E-state index in [1.54, 1.807) is 19.1 Å². The van der Waals surface area contributed by atoms with Crippen LogP contribution in [0, 0.1) is 11.3 Å². The maximum absolute atomic E-state index is 11.4. The van der Waals surface area contributed by atoms with Crippen LogP contribution in [0.4, 0.5) is 5.69 Å². The fourth-order valence-corrected chi connectivity index (χ4v) is 2.54. The standard InChI is InChI=1S/C11H14ClN3O2S/c1-2-15-18(16,17)6-5-14-11-4-3-9(8-13)7-10(11)12/h3-4,7,14-15H,2,5-6H2,1H3. The second-order valence-electron chi connectivity index (χ2n) is 3.55. The highest BCUT2D eigenvalue weighted by Crippen LogP contribution is 2.22. The van der Waals surface area contributed by atoms with Gasteiger partial charge in [0.25, 0.3) is 0 Å². The lowest BCUT2D eigenvalue weighted by Crippen LogP contribution is -2.29. The van der Waals surface area contributed by atoms with Gasteiger partial charge in [0.15, 0.2) is 0 Å². The first-order valence-electron chi connectivity index (χ1n) is 5.39. The molecule has 0 atom stereocenters. The number of benzene rings is 1. The highest BCUT2D eigenvalue weighted by Gasteiger charge is 2.08. The maximum atomic E-state index is 11.4. The molecule has 7 heteroatoms. The van der Waals surface area contributed by atoms with Crippen molar-refractivity contribution in [1.82, 2.24) is 4.72 Å². The number of rotatable bonds is 6. The molecule has 1 aromatic carbocycles. The summed E-state index contributed by atoms with van der Waals surface area (Å²) >= 11 is 5.94. The van der Waals surface area contributed by atoms with Gasteiger partial charge in [-0.3, -0.25) is 0 Å². The first-order chi connectivity index (χ1) is 8.48. The summed E-state index contributed by atoms with van der Waals surface area (Å²) in [6.45, 7) is 2.35. The van der Waals surface area contributed by atoms with Crippen molar-refractivity contribution in [2.75, 3.05) is 24.2 Å². The maximum Gasteiger partial charge on any atom is 0.213 e. The van der Waals surface area contributed by atoms with E-state index in [0.29, 0.717) is 22.8 Å². The molecular weight excluding hydrogens is 274 g/mol. The number of anilines is 1. The fourth-order valence-electron chi connectivity index (χ4n) is 1.34. The van der Waals surface area contributed by atoms with E-state index < -0.39 is 10.0 Å². The van der Waals surface area contributed by atoms with Gasteiger partial charge >= 0.3 is 0 Å². The van der Waals surface area contributed by atoms with E-state index in [1.807, 2.05) is 6.07 Å². The van der Waals surface area contributed by atoms with Crippen LogP contribution in [0.5, 0.6) is 0 Å². The molecule has 0 aromatic heterocycles. The van der Waals surface area contributed by atoms with Crippen LogP contribution in [0.2, 0.25) is 5.02 Å². The number of hydrogen-bond donors (Lipinski definition) is 2. The molecule has 0 heterocycles. The smallest absolute Gasteiger partial charge is 0.213 e. The largest absolute Gasteiger partial charge is 0.383 e. The van der Waals surface area contributed by atoms with Gasteiger partial charge in [0.05, 0.1) is 28.1 Å². The molecule has 18 heavy (non-hydrogen) atoms. The zero-order chi connectivity index (χ0) is 13.6. The van der Waals surface area contributed by atoms with Crippen LogP contribution in [-0.2, 0) is 10.0 Å². The molecule has 0 saturated heterocycles. The molecule has 0 amide bonds. The van der Waals surface area contributed by atoms with Crippen LogP contribution in [0.15, 0.2) is 18.2 Å². The molecule has 5 nitrogen and oxygen atoms in total.